The second-order valence-electron chi connectivity index (χ2n) is 5.11. The molecule has 0 aliphatic rings. The quantitative estimate of drug-likeness (QED) is 0.764. The molecule has 0 spiro atoms. The van der Waals surface area contributed by atoms with Crippen molar-refractivity contribution in [1.82, 2.24) is 14.8 Å². The zero-order valence-corrected chi connectivity index (χ0v) is 12.7. The van der Waals surface area contributed by atoms with E-state index in [-0.39, 0.29) is 0 Å². The molecule has 0 saturated heterocycles. The minimum Gasteiger partial charge on any atom is -0.496 e. The topological polar surface area (TPSA) is 66.2 Å². The van der Waals surface area contributed by atoms with E-state index < -0.39 is 0 Å². The third-order valence-electron chi connectivity index (χ3n) is 3.10. The number of nitrogens with zero attached hydrogens (tertiary/aromatic N) is 3. The number of hydrogen-bond acceptors (Lipinski definition) is 5. The van der Waals surface area contributed by atoms with Gasteiger partial charge in [0, 0.05) is 12.6 Å². The van der Waals surface area contributed by atoms with Crippen LogP contribution in [0.5, 0.6) is 11.5 Å². The molecule has 6 heteroatoms. The van der Waals surface area contributed by atoms with E-state index in [0.717, 1.165) is 18.4 Å². The molecule has 0 unspecified atom stereocenters. The van der Waals surface area contributed by atoms with Crippen LogP contribution in [-0.2, 0) is 6.54 Å². The minimum atomic E-state index is 0.451. The fourth-order valence-electron chi connectivity index (χ4n) is 2.18. The second-order valence-corrected chi connectivity index (χ2v) is 5.11. The maximum Gasteiger partial charge on any atom is 0.167 e. The molecule has 1 aromatic carbocycles. The van der Waals surface area contributed by atoms with E-state index in [1.54, 1.807) is 25.6 Å². The second kappa shape index (κ2) is 6.39. The molecule has 112 valence electrons. The van der Waals surface area contributed by atoms with Crippen LogP contribution in [0.15, 0.2) is 18.5 Å². The van der Waals surface area contributed by atoms with Crippen molar-refractivity contribution in [2.45, 2.75) is 20.4 Å². The van der Waals surface area contributed by atoms with E-state index in [1.165, 1.54) is 7.11 Å². The van der Waals surface area contributed by atoms with Gasteiger partial charge in [0.05, 0.1) is 25.3 Å². The van der Waals surface area contributed by atoms with Gasteiger partial charge in [0.25, 0.3) is 0 Å². The molecule has 0 bridgehead atoms. The molecule has 1 aromatic heterocycles. The Balaban J connectivity index is 2.57. The van der Waals surface area contributed by atoms with Crippen molar-refractivity contribution in [3.63, 3.8) is 0 Å². The summed E-state index contributed by atoms with van der Waals surface area (Å²) in [5, 5.41) is 8.12. The highest BCUT2D eigenvalue weighted by Gasteiger charge is 2.17. The molecular formula is C15H19N3O3. The largest absolute Gasteiger partial charge is 0.496 e. The lowest BCUT2D eigenvalue weighted by atomic mass is 10.1. The number of aldehydes is 1. The van der Waals surface area contributed by atoms with Gasteiger partial charge in [-0.15, -0.1) is 10.2 Å². The minimum absolute atomic E-state index is 0.451. The van der Waals surface area contributed by atoms with E-state index in [0.29, 0.717) is 28.8 Å². The van der Waals surface area contributed by atoms with Gasteiger partial charge in [-0.25, -0.2) is 0 Å². The summed E-state index contributed by atoms with van der Waals surface area (Å²) in [6, 6.07) is 3.40. The number of methoxy groups -OCH3 is 2. The van der Waals surface area contributed by atoms with Crippen LogP contribution >= 0.6 is 0 Å². The van der Waals surface area contributed by atoms with Crippen LogP contribution in [0.3, 0.4) is 0 Å². The van der Waals surface area contributed by atoms with E-state index in [4.69, 9.17) is 9.47 Å². The summed E-state index contributed by atoms with van der Waals surface area (Å²) < 4.78 is 12.5. The fraction of sp³-hybridized carbons (Fsp3) is 0.400. The van der Waals surface area contributed by atoms with Gasteiger partial charge in [-0.05, 0) is 12.0 Å². The summed E-state index contributed by atoms with van der Waals surface area (Å²) in [6.45, 7) is 5.02. The lowest BCUT2D eigenvalue weighted by Gasteiger charge is -2.14. The molecule has 0 saturated carbocycles. The number of ether oxygens (including phenoxy) is 2. The Bertz CT molecular complexity index is 635. The average Bonchev–Trinajstić information content (AvgIpc) is 2.92. The highest BCUT2D eigenvalue weighted by atomic mass is 16.5. The van der Waals surface area contributed by atoms with E-state index in [2.05, 4.69) is 24.0 Å². The molecule has 0 N–H and O–H groups in total. The van der Waals surface area contributed by atoms with Gasteiger partial charge < -0.3 is 14.0 Å². The van der Waals surface area contributed by atoms with Crippen molar-refractivity contribution < 1.29 is 14.3 Å². The van der Waals surface area contributed by atoms with Gasteiger partial charge >= 0.3 is 0 Å². The highest BCUT2D eigenvalue weighted by Crippen LogP contribution is 2.34. The molecule has 2 rings (SSSR count). The summed E-state index contributed by atoms with van der Waals surface area (Å²) in [4.78, 5) is 11.2. The Labute approximate surface area is 123 Å². The van der Waals surface area contributed by atoms with Crippen LogP contribution in [0, 0.1) is 5.92 Å². The third kappa shape index (κ3) is 3.04. The molecule has 0 aliphatic heterocycles. The maximum atomic E-state index is 11.2. The molecule has 2 aromatic rings. The Morgan fingerprint density at radius 1 is 1.24 bits per heavy atom. The Morgan fingerprint density at radius 3 is 2.52 bits per heavy atom. The first-order chi connectivity index (χ1) is 10.1. The van der Waals surface area contributed by atoms with Crippen LogP contribution in [0.4, 0.5) is 0 Å². The van der Waals surface area contributed by atoms with E-state index in [9.17, 15) is 4.79 Å². The van der Waals surface area contributed by atoms with Crippen molar-refractivity contribution >= 4 is 6.29 Å². The molecule has 0 aliphatic carbocycles. The summed E-state index contributed by atoms with van der Waals surface area (Å²) >= 11 is 0. The lowest BCUT2D eigenvalue weighted by Crippen LogP contribution is -2.06. The zero-order chi connectivity index (χ0) is 15.4. The van der Waals surface area contributed by atoms with Gasteiger partial charge in [0.15, 0.2) is 12.1 Å². The SMILES string of the molecule is COc1cc(OC)c(-c2nncn2CC(C)C)cc1C=O. The molecule has 0 amide bonds. The van der Waals surface area contributed by atoms with Gasteiger partial charge in [0.2, 0.25) is 0 Å². The smallest absolute Gasteiger partial charge is 0.167 e. The summed E-state index contributed by atoms with van der Waals surface area (Å²) in [7, 11) is 3.09. The normalized spacial score (nSPS) is 10.7. The third-order valence-corrected chi connectivity index (χ3v) is 3.10. The Morgan fingerprint density at radius 2 is 1.95 bits per heavy atom. The number of carbonyl (C=O) groups excluding carboxylic acids is 1. The number of carbonyl (C=O) groups is 1. The average molecular weight is 289 g/mol. The lowest BCUT2D eigenvalue weighted by molar-refractivity contribution is 0.112. The van der Waals surface area contributed by atoms with Crippen LogP contribution in [0.1, 0.15) is 24.2 Å². The van der Waals surface area contributed by atoms with Gasteiger partial charge in [0.1, 0.15) is 17.8 Å². The Kier molecular flexibility index (Phi) is 4.57. The number of benzene rings is 1. The number of rotatable bonds is 6. The molecule has 0 fully saturated rings. The van der Waals surface area contributed by atoms with Gasteiger partial charge in [-0.3, -0.25) is 4.79 Å². The first kappa shape index (κ1) is 15.0. The summed E-state index contributed by atoms with van der Waals surface area (Å²) in [5.41, 5.74) is 1.17. The number of aromatic nitrogens is 3. The predicted molar refractivity (Wildman–Crippen MR) is 78.8 cm³/mol. The maximum absolute atomic E-state index is 11.2. The molecule has 0 atom stereocenters. The highest BCUT2D eigenvalue weighted by molar-refractivity contribution is 5.84. The molecular weight excluding hydrogens is 270 g/mol. The first-order valence-corrected chi connectivity index (χ1v) is 6.70. The van der Waals surface area contributed by atoms with Crippen LogP contribution < -0.4 is 9.47 Å². The molecule has 0 radical (unpaired) electrons. The van der Waals surface area contributed by atoms with Gasteiger partial charge in [-0.2, -0.15) is 0 Å². The van der Waals surface area contributed by atoms with Crippen LogP contribution in [-0.4, -0.2) is 35.3 Å². The summed E-state index contributed by atoms with van der Waals surface area (Å²) in [5.74, 6) is 2.19. The van der Waals surface area contributed by atoms with Crippen molar-refractivity contribution in [2.24, 2.45) is 5.92 Å². The molecule has 21 heavy (non-hydrogen) atoms. The fourth-order valence-corrected chi connectivity index (χ4v) is 2.18. The van der Waals surface area contributed by atoms with E-state index >= 15 is 0 Å². The molecule has 1 heterocycles. The monoisotopic (exact) mass is 289 g/mol. The standard InChI is InChI=1S/C15H19N3O3/c1-10(2)7-18-9-16-17-15(18)12-5-11(8-19)13(20-3)6-14(12)21-4/h5-6,8-10H,7H2,1-4H3. The predicted octanol–water partition coefficient (Wildman–Crippen LogP) is 2.43. The van der Waals surface area contributed by atoms with Crippen molar-refractivity contribution in [3.8, 4) is 22.9 Å². The molecule has 6 nitrogen and oxygen atoms in total. The van der Waals surface area contributed by atoms with Crippen LogP contribution in [0.25, 0.3) is 11.4 Å². The van der Waals surface area contributed by atoms with Crippen LogP contribution in [0.2, 0.25) is 0 Å². The first-order valence-electron chi connectivity index (χ1n) is 6.70. The van der Waals surface area contributed by atoms with Crippen molar-refractivity contribution in [2.75, 3.05) is 14.2 Å². The van der Waals surface area contributed by atoms with E-state index in [1.807, 2.05) is 4.57 Å². The van der Waals surface area contributed by atoms with Crippen molar-refractivity contribution in [1.29, 1.82) is 0 Å². The van der Waals surface area contributed by atoms with Crippen molar-refractivity contribution in [3.05, 3.63) is 24.0 Å². The number of hydrogen-bond donors (Lipinski definition) is 0. The zero-order valence-electron chi connectivity index (χ0n) is 12.7. The summed E-state index contributed by atoms with van der Waals surface area (Å²) in [6.07, 6.45) is 2.44. The Hall–Kier alpha value is -2.37. The van der Waals surface area contributed by atoms with Gasteiger partial charge in [-0.1, -0.05) is 13.8 Å².